The Kier molecular flexibility index (Phi) is 5.09. The molecule has 0 spiro atoms. The van der Waals surface area contributed by atoms with Gasteiger partial charge in [0.2, 0.25) is 5.91 Å². The summed E-state index contributed by atoms with van der Waals surface area (Å²) in [5.41, 5.74) is 0.912. The number of hydrogen-bond acceptors (Lipinski definition) is 3. The van der Waals surface area contributed by atoms with Gasteiger partial charge < -0.3 is 15.4 Å². The van der Waals surface area contributed by atoms with E-state index in [-0.39, 0.29) is 23.7 Å². The van der Waals surface area contributed by atoms with Crippen LogP contribution in [0.5, 0.6) is 0 Å². The van der Waals surface area contributed by atoms with Crippen LogP contribution in [0.15, 0.2) is 24.3 Å². The molecule has 1 saturated carbocycles. The molecule has 110 valence electrons. The molecule has 0 atom stereocenters. The first-order valence-electron chi connectivity index (χ1n) is 6.89. The summed E-state index contributed by atoms with van der Waals surface area (Å²) in [7, 11) is 1.62. The van der Waals surface area contributed by atoms with Crippen molar-refractivity contribution in [3.05, 3.63) is 35.6 Å². The zero-order chi connectivity index (χ0) is 14.4. The molecule has 2 rings (SSSR count). The summed E-state index contributed by atoms with van der Waals surface area (Å²) in [6.45, 7) is 2.09. The Morgan fingerprint density at radius 3 is 2.90 bits per heavy atom. The maximum absolute atomic E-state index is 13.3. The minimum Gasteiger partial charge on any atom is -0.383 e. The summed E-state index contributed by atoms with van der Waals surface area (Å²) in [6.07, 6.45) is 1.99. The van der Waals surface area contributed by atoms with E-state index in [9.17, 15) is 9.18 Å². The number of benzene rings is 1. The second-order valence-corrected chi connectivity index (χ2v) is 5.24. The lowest BCUT2D eigenvalue weighted by Gasteiger charge is -2.17. The highest BCUT2D eigenvalue weighted by Crippen LogP contribution is 2.47. The molecule has 1 aromatic rings. The predicted octanol–water partition coefficient (Wildman–Crippen LogP) is 1.21. The highest BCUT2D eigenvalue weighted by Gasteiger charge is 2.44. The molecule has 1 aliphatic rings. The van der Waals surface area contributed by atoms with Crippen molar-refractivity contribution in [2.45, 2.75) is 18.3 Å². The lowest BCUT2D eigenvalue weighted by Crippen LogP contribution is -2.39. The quantitative estimate of drug-likeness (QED) is 0.704. The van der Waals surface area contributed by atoms with E-state index >= 15 is 0 Å². The normalized spacial score (nSPS) is 15.9. The average Bonchev–Trinajstić information content (AvgIpc) is 3.23. The number of carbonyl (C=O) groups is 1. The van der Waals surface area contributed by atoms with Crippen molar-refractivity contribution < 1.29 is 13.9 Å². The number of nitrogens with one attached hydrogen (secondary N) is 2. The van der Waals surface area contributed by atoms with Crippen molar-refractivity contribution in [3.8, 4) is 0 Å². The van der Waals surface area contributed by atoms with E-state index in [4.69, 9.17) is 4.74 Å². The Bertz CT molecular complexity index is 461. The molecule has 1 amide bonds. The van der Waals surface area contributed by atoms with Crippen LogP contribution in [0.25, 0.3) is 0 Å². The fourth-order valence-electron chi connectivity index (χ4n) is 2.24. The van der Waals surface area contributed by atoms with Gasteiger partial charge in [-0.25, -0.2) is 4.39 Å². The Labute approximate surface area is 118 Å². The predicted molar refractivity (Wildman–Crippen MR) is 75.1 cm³/mol. The van der Waals surface area contributed by atoms with Gasteiger partial charge in [0.1, 0.15) is 5.82 Å². The van der Waals surface area contributed by atoms with Crippen LogP contribution in [0.2, 0.25) is 0 Å². The topological polar surface area (TPSA) is 50.4 Å². The van der Waals surface area contributed by atoms with Gasteiger partial charge in [0.05, 0.1) is 13.2 Å². The van der Waals surface area contributed by atoms with Gasteiger partial charge in [-0.05, 0) is 30.5 Å². The van der Waals surface area contributed by atoms with Crippen LogP contribution in [-0.4, -0.2) is 39.3 Å². The van der Waals surface area contributed by atoms with Crippen molar-refractivity contribution in [1.82, 2.24) is 10.6 Å². The lowest BCUT2D eigenvalue weighted by atomic mass is 9.96. The molecular weight excluding hydrogens is 259 g/mol. The summed E-state index contributed by atoms with van der Waals surface area (Å²) >= 11 is 0. The molecule has 1 aliphatic carbocycles. The van der Waals surface area contributed by atoms with Crippen molar-refractivity contribution in [2.75, 3.05) is 33.4 Å². The largest absolute Gasteiger partial charge is 0.383 e. The number of ether oxygens (including phenoxy) is 1. The summed E-state index contributed by atoms with van der Waals surface area (Å²) in [5, 5.41) is 5.91. The third-order valence-corrected chi connectivity index (χ3v) is 3.68. The molecule has 0 aliphatic heterocycles. The van der Waals surface area contributed by atoms with Gasteiger partial charge in [-0.2, -0.15) is 0 Å². The van der Waals surface area contributed by atoms with Gasteiger partial charge in [-0.15, -0.1) is 0 Å². The standard InChI is InChI=1S/C15H21FN2O2/c1-20-8-7-17-10-14(19)18-11-15(5-6-15)12-3-2-4-13(16)9-12/h2-4,9,17H,5-8,10-11H2,1H3,(H,18,19). The molecule has 0 unspecified atom stereocenters. The second-order valence-electron chi connectivity index (χ2n) is 5.24. The molecule has 1 aromatic carbocycles. The number of rotatable bonds is 8. The van der Waals surface area contributed by atoms with E-state index in [1.807, 2.05) is 6.07 Å². The minimum atomic E-state index is -0.221. The van der Waals surface area contributed by atoms with Crippen LogP contribution in [0.4, 0.5) is 4.39 Å². The van der Waals surface area contributed by atoms with Crippen LogP contribution >= 0.6 is 0 Å². The molecule has 0 radical (unpaired) electrons. The van der Waals surface area contributed by atoms with Gasteiger partial charge in [0, 0.05) is 25.6 Å². The zero-order valence-corrected chi connectivity index (χ0v) is 11.7. The van der Waals surface area contributed by atoms with E-state index in [0.29, 0.717) is 19.7 Å². The Balaban J connectivity index is 1.77. The average molecular weight is 280 g/mol. The van der Waals surface area contributed by atoms with Crippen LogP contribution in [0.1, 0.15) is 18.4 Å². The van der Waals surface area contributed by atoms with Crippen molar-refractivity contribution in [1.29, 1.82) is 0 Å². The fraction of sp³-hybridized carbons (Fsp3) is 0.533. The first kappa shape index (κ1) is 14.9. The summed E-state index contributed by atoms with van der Waals surface area (Å²) in [6, 6.07) is 6.66. The molecule has 0 aromatic heterocycles. The third kappa shape index (κ3) is 4.02. The molecule has 4 nitrogen and oxygen atoms in total. The molecule has 20 heavy (non-hydrogen) atoms. The summed E-state index contributed by atoms with van der Waals surface area (Å²) in [5.74, 6) is -0.259. The van der Waals surface area contributed by atoms with Crippen LogP contribution in [-0.2, 0) is 14.9 Å². The van der Waals surface area contributed by atoms with Crippen molar-refractivity contribution in [3.63, 3.8) is 0 Å². The molecule has 0 heterocycles. The lowest BCUT2D eigenvalue weighted by molar-refractivity contribution is -0.120. The van der Waals surface area contributed by atoms with E-state index < -0.39 is 0 Å². The summed E-state index contributed by atoms with van der Waals surface area (Å²) in [4.78, 5) is 11.7. The Hall–Kier alpha value is -1.46. The molecular formula is C15H21FN2O2. The molecule has 0 saturated heterocycles. The zero-order valence-electron chi connectivity index (χ0n) is 11.7. The maximum Gasteiger partial charge on any atom is 0.233 e. The van der Waals surface area contributed by atoms with Crippen LogP contribution in [0, 0.1) is 5.82 Å². The molecule has 5 heteroatoms. The maximum atomic E-state index is 13.3. The number of methoxy groups -OCH3 is 1. The van der Waals surface area contributed by atoms with Crippen LogP contribution in [0.3, 0.4) is 0 Å². The van der Waals surface area contributed by atoms with Gasteiger partial charge in [-0.3, -0.25) is 4.79 Å². The van der Waals surface area contributed by atoms with E-state index in [2.05, 4.69) is 10.6 Å². The first-order chi connectivity index (χ1) is 9.66. The van der Waals surface area contributed by atoms with Crippen molar-refractivity contribution >= 4 is 5.91 Å². The van der Waals surface area contributed by atoms with Gasteiger partial charge in [0.25, 0.3) is 0 Å². The SMILES string of the molecule is COCCNCC(=O)NCC1(c2cccc(F)c2)CC1. The van der Waals surface area contributed by atoms with Gasteiger partial charge in [-0.1, -0.05) is 12.1 Å². The number of hydrogen-bond donors (Lipinski definition) is 2. The molecule has 1 fully saturated rings. The molecule has 0 bridgehead atoms. The second kappa shape index (κ2) is 6.81. The van der Waals surface area contributed by atoms with Crippen molar-refractivity contribution in [2.24, 2.45) is 0 Å². The third-order valence-electron chi connectivity index (χ3n) is 3.68. The van der Waals surface area contributed by atoms with E-state index in [1.165, 1.54) is 6.07 Å². The summed E-state index contributed by atoms with van der Waals surface area (Å²) < 4.78 is 18.1. The number of halogens is 1. The molecule has 2 N–H and O–H groups in total. The number of amides is 1. The van der Waals surface area contributed by atoms with E-state index in [0.717, 1.165) is 18.4 Å². The Morgan fingerprint density at radius 1 is 1.45 bits per heavy atom. The highest BCUT2D eigenvalue weighted by molar-refractivity contribution is 5.78. The fourth-order valence-corrected chi connectivity index (χ4v) is 2.24. The highest BCUT2D eigenvalue weighted by atomic mass is 19.1. The monoisotopic (exact) mass is 280 g/mol. The number of carbonyl (C=O) groups excluding carboxylic acids is 1. The van der Waals surface area contributed by atoms with Crippen LogP contribution < -0.4 is 10.6 Å². The van der Waals surface area contributed by atoms with E-state index in [1.54, 1.807) is 19.2 Å². The smallest absolute Gasteiger partial charge is 0.233 e. The Morgan fingerprint density at radius 2 is 2.25 bits per heavy atom. The minimum absolute atomic E-state index is 0.0382. The van der Waals surface area contributed by atoms with Gasteiger partial charge >= 0.3 is 0 Å². The first-order valence-corrected chi connectivity index (χ1v) is 6.89. The van der Waals surface area contributed by atoms with Gasteiger partial charge in [0.15, 0.2) is 0 Å².